The van der Waals surface area contributed by atoms with Gasteiger partial charge in [-0.3, -0.25) is 14.5 Å². The summed E-state index contributed by atoms with van der Waals surface area (Å²) in [5.74, 6) is 0.758. The van der Waals surface area contributed by atoms with E-state index >= 15 is 0 Å². The zero-order chi connectivity index (χ0) is 23.0. The van der Waals surface area contributed by atoms with Crippen LogP contribution in [0.15, 0.2) is 18.2 Å². The standard InChI is InChI=1S/C22H33N3O6/c1-5-14(2)17(13-26)23-20(27)9-7-16-21(28)25(22(29)24-16)11-10-15-6-8-18(30-3)19(12-15)31-4/h6,8,12,14,16-17,26H,5,7,9-11,13H2,1-4H3,(H,23,27)(H,24,29)/t14-,16+,17+/m0/s1. The summed E-state index contributed by atoms with van der Waals surface area (Å²) in [5, 5.41) is 14.9. The number of benzene rings is 1. The van der Waals surface area contributed by atoms with Gasteiger partial charge in [-0.15, -0.1) is 0 Å². The molecule has 1 saturated heterocycles. The number of methoxy groups -OCH3 is 2. The summed E-state index contributed by atoms with van der Waals surface area (Å²) >= 11 is 0. The molecule has 1 aliphatic rings. The maximum Gasteiger partial charge on any atom is 0.324 e. The highest BCUT2D eigenvalue weighted by Crippen LogP contribution is 2.28. The quantitative estimate of drug-likeness (QED) is 0.428. The molecule has 1 aromatic carbocycles. The Bertz CT molecular complexity index is 785. The van der Waals surface area contributed by atoms with Crippen molar-refractivity contribution in [2.24, 2.45) is 5.92 Å². The van der Waals surface area contributed by atoms with Crippen molar-refractivity contribution in [2.75, 3.05) is 27.4 Å². The molecule has 0 spiro atoms. The minimum absolute atomic E-state index is 0.0904. The van der Waals surface area contributed by atoms with Gasteiger partial charge in [-0.25, -0.2) is 4.79 Å². The van der Waals surface area contributed by atoms with Gasteiger partial charge in [0.15, 0.2) is 11.5 Å². The van der Waals surface area contributed by atoms with Gasteiger partial charge < -0.3 is 25.2 Å². The van der Waals surface area contributed by atoms with Crippen molar-refractivity contribution in [2.45, 2.75) is 51.6 Å². The molecule has 0 bridgehead atoms. The molecule has 1 aliphatic heterocycles. The number of ether oxygens (including phenoxy) is 2. The van der Waals surface area contributed by atoms with Gasteiger partial charge in [-0.1, -0.05) is 26.3 Å². The van der Waals surface area contributed by atoms with Gasteiger partial charge in [0.2, 0.25) is 5.91 Å². The summed E-state index contributed by atoms with van der Waals surface area (Å²) in [6.45, 7) is 4.04. The summed E-state index contributed by atoms with van der Waals surface area (Å²) < 4.78 is 10.5. The molecule has 3 N–H and O–H groups in total. The van der Waals surface area contributed by atoms with Crippen LogP contribution in [0.4, 0.5) is 4.79 Å². The molecule has 0 aliphatic carbocycles. The minimum Gasteiger partial charge on any atom is -0.493 e. The van der Waals surface area contributed by atoms with E-state index in [1.807, 2.05) is 26.0 Å². The number of imide groups is 1. The Kier molecular flexibility index (Phi) is 9.11. The van der Waals surface area contributed by atoms with E-state index < -0.39 is 12.1 Å². The fraction of sp³-hybridized carbons (Fsp3) is 0.591. The van der Waals surface area contributed by atoms with Gasteiger partial charge in [0.1, 0.15) is 6.04 Å². The van der Waals surface area contributed by atoms with Crippen LogP contribution in [0.25, 0.3) is 0 Å². The second-order valence-electron chi connectivity index (χ2n) is 7.71. The van der Waals surface area contributed by atoms with Gasteiger partial charge in [-0.05, 0) is 36.5 Å². The third-order valence-corrected chi connectivity index (χ3v) is 5.71. The van der Waals surface area contributed by atoms with Crippen LogP contribution in [0.2, 0.25) is 0 Å². The van der Waals surface area contributed by atoms with Crippen molar-refractivity contribution >= 4 is 17.8 Å². The number of carbonyl (C=O) groups is 3. The number of carbonyl (C=O) groups excluding carboxylic acids is 3. The minimum atomic E-state index is -0.722. The van der Waals surface area contributed by atoms with Gasteiger partial charge in [-0.2, -0.15) is 0 Å². The third-order valence-electron chi connectivity index (χ3n) is 5.71. The van der Waals surface area contributed by atoms with Crippen LogP contribution >= 0.6 is 0 Å². The predicted octanol–water partition coefficient (Wildman–Crippen LogP) is 1.47. The molecular formula is C22H33N3O6. The topological polar surface area (TPSA) is 117 Å². The molecule has 0 aromatic heterocycles. The molecule has 3 atom stereocenters. The molecule has 1 heterocycles. The number of hydrogen-bond donors (Lipinski definition) is 3. The van der Waals surface area contributed by atoms with E-state index in [1.54, 1.807) is 20.3 Å². The average molecular weight is 436 g/mol. The Hall–Kier alpha value is -2.81. The lowest BCUT2D eigenvalue weighted by Gasteiger charge is -2.22. The summed E-state index contributed by atoms with van der Waals surface area (Å²) in [4.78, 5) is 38.3. The van der Waals surface area contributed by atoms with E-state index in [-0.39, 0.29) is 49.8 Å². The number of aliphatic hydroxyl groups excluding tert-OH is 1. The van der Waals surface area contributed by atoms with E-state index in [1.165, 1.54) is 4.90 Å². The van der Waals surface area contributed by atoms with Gasteiger partial charge in [0.25, 0.3) is 5.91 Å². The number of nitrogens with zero attached hydrogens (tertiary/aromatic N) is 1. The van der Waals surface area contributed by atoms with Crippen molar-refractivity contribution in [3.8, 4) is 11.5 Å². The number of urea groups is 1. The highest BCUT2D eigenvalue weighted by Gasteiger charge is 2.37. The SMILES string of the molecule is CC[C@H](C)[C@@H](CO)NC(=O)CC[C@H]1NC(=O)N(CCc2ccc(OC)c(OC)c2)C1=O. The Morgan fingerprint density at radius 1 is 1.26 bits per heavy atom. The summed E-state index contributed by atoms with van der Waals surface area (Å²) in [5.41, 5.74) is 0.904. The van der Waals surface area contributed by atoms with E-state index in [9.17, 15) is 19.5 Å². The molecule has 0 unspecified atom stereocenters. The van der Waals surface area contributed by atoms with Crippen LogP contribution in [0, 0.1) is 5.92 Å². The normalized spacial score (nSPS) is 17.8. The molecule has 172 valence electrons. The van der Waals surface area contributed by atoms with Crippen molar-refractivity contribution < 1.29 is 29.0 Å². The molecule has 31 heavy (non-hydrogen) atoms. The smallest absolute Gasteiger partial charge is 0.324 e. The van der Waals surface area contributed by atoms with Crippen LogP contribution in [0.1, 0.15) is 38.7 Å². The number of hydrogen-bond acceptors (Lipinski definition) is 6. The molecule has 9 heteroatoms. The molecule has 2 rings (SSSR count). The third kappa shape index (κ3) is 6.33. The largest absolute Gasteiger partial charge is 0.493 e. The van der Waals surface area contributed by atoms with Crippen molar-refractivity contribution in [1.29, 1.82) is 0 Å². The van der Waals surface area contributed by atoms with Crippen LogP contribution in [0.3, 0.4) is 0 Å². The van der Waals surface area contributed by atoms with Crippen LogP contribution in [0.5, 0.6) is 11.5 Å². The molecule has 4 amide bonds. The van der Waals surface area contributed by atoms with Crippen LogP contribution in [-0.2, 0) is 16.0 Å². The van der Waals surface area contributed by atoms with E-state index in [0.29, 0.717) is 17.9 Å². The molecular weight excluding hydrogens is 402 g/mol. The lowest BCUT2D eigenvalue weighted by molar-refractivity contribution is -0.127. The Labute approximate surface area is 183 Å². The monoisotopic (exact) mass is 435 g/mol. The number of amides is 4. The molecule has 1 fully saturated rings. The van der Waals surface area contributed by atoms with Crippen molar-refractivity contribution in [1.82, 2.24) is 15.5 Å². The van der Waals surface area contributed by atoms with Crippen LogP contribution < -0.4 is 20.1 Å². The highest BCUT2D eigenvalue weighted by atomic mass is 16.5. The van der Waals surface area contributed by atoms with Crippen molar-refractivity contribution in [3.05, 3.63) is 23.8 Å². The maximum atomic E-state index is 12.6. The molecule has 9 nitrogen and oxygen atoms in total. The second kappa shape index (κ2) is 11.5. The number of nitrogens with one attached hydrogen (secondary N) is 2. The van der Waals surface area contributed by atoms with Crippen LogP contribution in [-0.4, -0.2) is 67.3 Å². The summed E-state index contributed by atoms with van der Waals surface area (Å²) in [7, 11) is 3.10. The zero-order valence-electron chi connectivity index (χ0n) is 18.6. The first-order valence-corrected chi connectivity index (χ1v) is 10.6. The van der Waals surface area contributed by atoms with E-state index in [0.717, 1.165) is 12.0 Å². The fourth-order valence-electron chi connectivity index (χ4n) is 3.47. The maximum absolute atomic E-state index is 12.6. The fourth-order valence-corrected chi connectivity index (χ4v) is 3.47. The molecule has 1 aromatic rings. The lowest BCUT2D eigenvalue weighted by atomic mass is 9.99. The predicted molar refractivity (Wildman–Crippen MR) is 115 cm³/mol. The first-order valence-electron chi connectivity index (χ1n) is 10.6. The van der Waals surface area contributed by atoms with Gasteiger partial charge in [0.05, 0.1) is 26.9 Å². The van der Waals surface area contributed by atoms with Gasteiger partial charge >= 0.3 is 6.03 Å². The number of aliphatic hydroxyl groups is 1. The van der Waals surface area contributed by atoms with E-state index in [2.05, 4.69) is 10.6 Å². The molecule has 0 radical (unpaired) electrons. The van der Waals surface area contributed by atoms with Crippen molar-refractivity contribution in [3.63, 3.8) is 0 Å². The van der Waals surface area contributed by atoms with Gasteiger partial charge in [0, 0.05) is 13.0 Å². The Balaban J connectivity index is 1.87. The average Bonchev–Trinajstić information content (AvgIpc) is 3.06. The summed E-state index contributed by atoms with van der Waals surface area (Å²) in [6.07, 6.45) is 1.60. The first-order chi connectivity index (χ1) is 14.8. The first kappa shape index (κ1) is 24.5. The zero-order valence-corrected chi connectivity index (χ0v) is 18.6. The second-order valence-corrected chi connectivity index (χ2v) is 7.71. The molecule has 0 saturated carbocycles. The number of rotatable bonds is 12. The lowest BCUT2D eigenvalue weighted by Crippen LogP contribution is -2.42. The Morgan fingerprint density at radius 2 is 1.97 bits per heavy atom. The summed E-state index contributed by atoms with van der Waals surface area (Å²) in [6, 6.07) is 3.96. The Morgan fingerprint density at radius 3 is 2.58 bits per heavy atom. The van der Waals surface area contributed by atoms with E-state index in [4.69, 9.17) is 9.47 Å². The highest BCUT2D eigenvalue weighted by molar-refractivity contribution is 6.04.